The van der Waals surface area contributed by atoms with Crippen LogP contribution in [0, 0.1) is 0 Å². The Hall–Kier alpha value is 0.620. The molecule has 1 aliphatic rings. The van der Waals surface area contributed by atoms with Gasteiger partial charge in [0.25, 0.3) is 0 Å². The van der Waals surface area contributed by atoms with E-state index < -0.39 is 5.60 Å². The summed E-state index contributed by atoms with van der Waals surface area (Å²) >= 11 is 4.11. The summed E-state index contributed by atoms with van der Waals surface area (Å²) in [6.45, 7) is 5.88. The van der Waals surface area contributed by atoms with E-state index >= 15 is 0 Å². The molecule has 0 saturated carbocycles. The number of nitrogens with one attached hydrogen (secondary N) is 1. The van der Waals surface area contributed by atoms with E-state index in [1.54, 1.807) is 0 Å². The molecule has 0 radical (unpaired) electrons. The normalized spacial score (nSPS) is 23.0. The Bertz CT molecular complexity index is 168. The minimum atomic E-state index is -0.494. The van der Waals surface area contributed by atoms with Crippen LogP contribution in [0.4, 0.5) is 0 Å². The smallest absolute Gasteiger partial charge is 0.0766 e. The Morgan fingerprint density at radius 1 is 1.33 bits per heavy atom. The monoisotopic (exact) mass is 249 g/mol. The highest BCUT2D eigenvalue weighted by molar-refractivity contribution is 8.06. The topological polar surface area (TPSA) is 32.3 Å². The van der Waals surface area contributed by atoms with E-state index in [1.807, 2.05) is 11.8 Å². The second kappa shape index (κ2) is 7.05. The lowest BCUT2D eigenvalue weighted by Gasteiger charge is -2.27. The van der Waals surface area contributed by atoms with E-state index in [-0.39, 0.29) is 0 Å². The Morgan fingerprint density at radius 2 is 2.07 bits per heavy atom. The summed E-state index contributed by atoms with van der Waals surface area (Å²) in [5.41, 5.74) is -0.494. The van der Waals surface area contributed by atoms with Gasteiger partial charge in [-0.05, 0) is 12.8 Å². The van der Waals surface area contributed by atoms with Gasteiger partial charge in [-0.3, -0.25) is 0 Å². The quantitative estimate of drug-likeness (QED) is 0.754. The van der Waals surface area contributed by atoms with Gasteiger partial charge in [0.05, 0.1) is 5.60 Å². The van der Waals surface area contributed by atoms with Crippen molar-refractivity contribution in [2.45, 2.75) is 37.5 Å². The van der Waals surface area contributed by atoms with Crippen LogP contribution in [0.3, 0.4) is 0 Å². The zero-order valence-corrected chi connectivity index (χ0v) is 11.4. The Kier molecular flexibility index (Phi) is 6.43. The molecule has 0 bridgehead atoms. The first-order valence-corrected chi connectivity index (χ1v) is 8.03. The van der Waals surface area contributed by atoms with E-state index in [4.69, 9.17) is 0 Å². The molecule has 1 aliphatic heterocycles. The molecular formula is C11H23NOS2. The molecular weight excluding hydrogens is 226 g/mol. The first-order valence-electron chi connectivity index (χ1n) is 5.82. The molecule has 4 heteroatoms. The van der Waals surface area contributed by atoms with Gasteiger partial charge in [-0.25, -0.2) is 0 Å². The minimum Gasteiger partial charge on any atom is -0.389 e. The van der Waals surface area contributed by atoms with Gasteiger partial charge in [-0.2, -0.15) is 23.5 Å². The summed E-state index contributed by atoms with van der Waals surface area (Å²) in [7, 11) is 0. The van der Waals surface area contributed by atoms with E-state index in [1.165, 1.54) is 17.3 Å². The van der Waals surface area contributed by atoms with Crippen LogP contribution in [0.25, 0.3) is 0 Å². The number of aliphatic hydroxyl groups is 1. The van der Waals surface area contributed by atoms with Crippen LogP contribution in [0.2, 0.25) is 0 Å². The molecule has 0 aromatic rings. The van der Waals surface area contributed by atoms with Gasteiger partial charge < -0.3 is 10.4 Å². The van der Waals surface area contributed by atoms with Gasteiger partial charge in [0.15, 0.2) is 0 Å². The third-order valence-electron chi connectivity index (χ3n) is 3.03. The fraction of sp³-hybridized carbons (Fsp3) is 1.00. The van der Waals surface area contributed by atoms with Crippen LogP contribution < -0.4 is 5.32 Å². The number of hydrogen-bond acceptors (Lipinski definition) is 4. The first-order chi connectivity index (χ1) is 7.20. The van der Waals surface area contributed by atoms with Crippen molar-refractivity contribution in [3.8, 4) is 0 Å². The molecule has 2 N–H and O–H groups in total. The third kappa shape index (κ3) is 4.98. The minimum absolute atomic E-state index is 0.494. The maximum atomic E-state index is 10.1. The molecule has 0 spiro atoms. The fourth-order valence-electron chi connectivity index (χ4n) is 1.62. The molecule has 1 unspecified atom stereocenters. The average molecular weight is 249 g/mol. The van der Waals surface area contributed by atoms with Crippen LogP contribution in [0.5, 0.6) is 0 Å². The molecule has 0 aromatic carbocycles. The molecule has 0 aromatic heterocycles. The zero-order chi connectivity index (χ0) is 11.1. The highest BCUT2D eigenvalue weighted by atomic mass is 32.2. The van der Waals surface area contributed by atoms with Gasteiger partial charge >= 0.3 is 0 Å². The van der Waals surface area contributed by atoms with Crippen LogP contribution >= 0.6 is 23.5 Å². The van der Waals surface area contributed by atoms with Crippen molar-refractivity contribution in [1.82, 2.24) is 5.32 Å². The van der Waals surface area contributed by atoms with Crippen LogP contribution in [0.15, 0.2) is 0 Å². The summed E-state index contributed by atoms with van der Waals surface area (Å²) in [5.74, 6) is 3.84. The van der Waals surface area contributed by atoms with Crippen LogP contribution in [0.1, 0.15) is 26.7 Å². The van der Waals surface area contributed by atoms with Gasteiger partial charge in [0.2, 0.25) is 0 Å². The molecule has 90 valence electrons. The largest absolute Gasteiger partial charge is 0.389 e. The SMILES string of the molecule is CCC(O)(CC)CNCC1CSCCS1. The van der Waals surface area contributed by atoms with Crippen molar-refractivity contribution < 1.29 is 5.11 Å². The van der Waals surface area contributed by atoms with Gasteiger partial charge in [0, 0.05) is 35.6 Å². The standard InChI is InChI=1S/C11H23NOS2/c1-3-11(13,4-2)9-12-7-10-8-14-5-6-15-10/h10,12-13H,3-9H2,1-2H3. The number of rotatable bonds is 6. The van der Waals surface area contributed by atoms with Crippen molar-refractivity contribution in [1.29, 1.82) is 0 Å². The van der Waals surface area contributed by atoms with Crippen molar-refractivity contribution >= 4 is 23.5 Å². The first kappa shape index (κ1) is 13.7. The second-order valence-corrected chi connectivity index (χ2v) is 6.69. The highest BCUT2D eigenvalue weighted by Gasteiger charge is 2.22. The number of thioether (sulfide) groups is 2. The van der Waals surface area contributed by atoms with Gasteiger partial charge in [-0.15, -0.1) is 0 Å². The van der Waals surface area contributed by atoms with E-state index in [0.29, 0.717) is 0 Å². The Morgan fingerprint density at radius 3 is 2.60 bits per heavy atom. The zero-order valence-electron chi connectivity index (χ0n) is 9.79. The van der Waals surface area contributed by atoms with Crippen molar-refractivity contribution in [3.05, 3.63) is 0 Å². The molecule has 1 fully saturated rings. The summed E-state index contributed by atoms with van der Waals surface area (Å²) in [5, 5.41) is 14.2. The van der Waals surface area contributed by atoms with Crippen molar-refractivity contribution in [2.24, 2.45) is 0 Å². The molecule has 1 atom stereocenters. The Labute approximate surface area is 102 Å². The van der Waals surface area contributed by atoms with Gasteiger partial charge in [-0.1, -0.05) is 13.8 Å². The highest BCUT2D eigenvalue weighted by Crippen LogP contribution is 2.23. The predicted molar refractivity (Wildman–Crippen MR) is 72.0 cm³/mol. The maximum absolute atomic E-state index is 10.1. The summed E-state index contributed by atoms with van der Waals surface area (Å²) in [6.07, 6.45) is 1.67. The lowest BCUT2D eigenvalue weighted by Crippen LogP contribution is -2.42. The van der Waals surface area contributed by atoms with Crippen LogP contribution in [-0.2, 0) is 0 Å². The van der Waals surface area contributed by atoms with E-state index in [2.05, 4.69) is 30.9 Å². The predicted octanol–water partition coefficient (Wildman–Crippen LogP) is 1.98. The molecule has 0 amide bonds. The molecule has 15 heavy (non-hydrogen) atoms. The van der Waals surface area contributed by atoms with E-state index in [9.17, 15) is 5.11 Å². The molecule has 1 heterocycles. The third-order valence-corrected chi connectivity index (χ3v) is 5.87. The molecule has 2 nitrogen and oxygen atoms in total. The molecule has 1 saturated heterocycles. The lowest BCUT2D eigenvalue weighted by atomic mass is 9.98. The maximum Gasteiger partial charge on any atom is 0.0766 e. The van der Waals surface area contributed by atoms with Crippen molar-refractivity contribution in [2.75, 3.05) is 30.3 Å². The fourth-order valence-corrected chi connectivity index (χ4v) is 4.27. The summed E-state index contributed by atoms with van der Waals surface area (Å²) in [6, 6.07) is 0. The molecule has 0 aliphatic carbocycles. The lowest BCUT2D eigenvalue weighted by molar-refractivity contribution is 0.0329. The average Bonchev–Trinajstić information content (AvgIpc) is 2.30. The second-order valence-electron chi connectivity index (χ2n) is 4.13. The number of hydrogen-bond donors (Lipinski definition) is 2. The summed E-state index contributed by atoms with van der Waals surface area (Å²) in [4.78, 5) is 0. The Balaban J connectivity index is 2.14. The summed E-state index contributed by atoms with van der Waals surface area (Å²) < 4.78 is 0. The van der Waals surface area contributed by atoms with E-state index in [0.717, 1.165) is 31.2 Å². The molecule has 1 rings (SSSR count). The van der Waals surface area contributed by atoms with Crippen LogP contribution in [-0.4, -0.2) is 46.3 Å². The van der Waals surface area contributed by atoms with Gasteiger partial charge in [0.1, 0.15) is 0 Å². The van der Waals surface area contributed by atoms with Crippen molar-refractivity contribution in [3.63, 3.8) is 0 Å².